The Kier molecular flexibility index (Phi) is 3.57. The molecule has 1 aliphatic carbocycles. The summed E-state index contributed by atoms with van der Waals surface area (Å²) in [7, 11) is 2.22. The lowest BCUT2D eigenvalue weighted by atomic mass is 9.91. The molecule has 0 amide bonds. The second-order valence-electron chi connectivity index (χ2n) is 6.08. The van der Waals surface area contributed by atoms with Crippen LogP contribution in [-0.4, -0.2) is 54.6 Å². The van der Waals surface area contributed by atoms with Gasteiger partial charge in [0.1, 0.15) is 0 Å². The highest BCUT2D eigenvalue weighted by Gasteiger charge is 2.44. The Balaban J connectivity index is 2.09. The molecule has 0 spiro atoms. The smallest absolute Gasteiger partial charge is 0.0338 e. The molecular weight excluding hydrogens is 198 g/mol. The van der Waals surface area contributed by atoms with Crippen molar-refractivity contribution in [2.45, 2.75) is 44.7 Å². The molecule has 2 aliphatic rings. The molecule has 1 saturated heterocycles. The van der Waals surface area contributed by atoms with Gasteiger partial charge in [0.25, 0.3) is 0 Å². The van der Waals surface area contributed by atoms with Gasteiger partial charge in [-0.05, 0) is 39.2 Å². The van der Waals surface area contributed by atoms with Crippen molar-refractivity contribution in [2.24, 2.45) is 11.7 Å². The number of nitrogens with zero attached hydrogens (tertiary/aromatic N) is 2. The number of hydrogen-bond acceptors (Lipinski definition) is 3. The van der Waals surface area contributed by atoms with Crippen LogP contribution in [0.2, 0.25) is 0 Å². The molecule has 1 aliphatic heterocycles. The summed E-state index contributed by atoms with van der Waals surface area (Å²) in [5.74, 6) is 0.857. The van der Waals surface area contributed by atoms with E-state index in [9.17, 15) is 0 Å². The van der Waals surface area contributed by atoms with Gasteiger partial charge in [-0.1, -0.05) is 6.92 Å². The molecule has 3 nitrogen and oxygen atoms in total. The Hall–Kier alpha value is -0.120. The quantitative estimate of drug-likeness (QED) is 0.765. The van der Waals surface area contributed by atoms with E-state index in [-0.39, 0.29) is 0 Å². The first-order valence-electron chi connectivity index (χ1n) is 6.73. The van der Waals surface area contributed by atoms with E-state index in [1.165, 1.54) is 38.9 Å². The topological polar surface area (TPSA) is 32.5 Å². The van der Waals surface area contributed by atoms with Crippen molar-refractivity contribution in [3.63, 3.8) is 0 Å². The average molecular weight is 225 g/mol. The van der Waals surface area contributed by atoms with E-state index in [0.29, 0.717) is 11.6 Å². The lowest BCUT2D eigenvalue weighted by Gasteiger charge is -2.49. The molecule has 0 aromatic heterocycles. The van der Waals surface area contributed by atoms with Crippen molar-refractivity contribution >= 4 is 0 Å². The van der Waals surface area contributed by atoms with Gasteiger partial charge >= 0.3 is 0 Å². The molecule has 0 aromatic carbocycles. The maximum absolute atomic E-state index is 6.10. The van der Waals surface area contributed by atoms with Gasteiger partial charge in [-0.25, -0.2) is 0 Å². The van der Waals surface area contributed by atoms with E-state index in [1.807, 2.05) is 0 Å². The third kappa shape index (κ3) is 2.13. The molecule has 94 valence electrons. The molecule has 3 unspecified atom stereocenters. The number of nitrogens with two attached hydrogens (primary N) is 1. The fourth-order valence-electron chi connectivity index (χ4n) is 3.78. The zero-order chi connectivity index (χ0) is 11.8. The molecule has 3 atom stereocenters. The Bertz CT molecular complexity index is 243. The molecule has 0 bridgehead atoms. The number of likely N-dealkylation sites (N-methyl/N-ethyl adjacent to an activating group) is 1. The largest absolute Gasteiger partial charge is 0.329 e. The second-order valence-corrected chi connectivity index (χ2v) is 6.08. The summed E-state index contributed by atoms with van der Waals surface area (Å²) in [4.78, 5) is 5.14. The minimum absolute atomic E-state index is 0.320. The van der Waals surface area contributed by atoms with Crippen molar-refractivity contribution in [2.75, 3.05) is 33.2 Å². The molecule has 16 heavy (non-hydrogen) atoms. The number of piperazine rings is 1. The van der Waals surface area contributed by atoms with Gasteiger partial charge in [0.15, 0.2) is 0 Å². The average Bonchev–Trinajstić information content (AvgIpc) is 2.61. The molecular formula is C13H27N3. The lowest BCUT2D eigenvalue weighted by Crippen LogP contribution is -2.62. The predicted molar refractivity (Wildman–Crippen MR) is 68.5 cm³/mol. The first-order chi connectivity index (χ1) is 7.57. The lowest BCUT2D eigenvalue weighted by molar-refractivity contribution is 0.00457. The van der Waals surface area contributed by atoms with Crippen LogP contribution in [0.5, 0.6) is 0 Å². The number of hydrogen-bond donors (Lipinski definition) is 1. The molecule has 1 saturated carbocycles. The standard InChI is InChI=1S/C13H27N3/c1-11-4-5-13(8-11,10-14)16-7-6-15(3)9-12(16)2/h11-12H,4-10,14H2,1-3H3. The molecule has 2 rings (SSSR count). The first-order valence-corrected chi connectivity index (χ1v) is 6.73. The van der Waals surface area contributed by atoms with Crippen LogP contribution in [0.15, 0.2) is 0 Å². The van der Waals surface area contributed by atoms with Crippen LogP contribution in [0.4, 0.5) is 0 Å². The van der Waals surface area contributed by atoms with Gasteiger partial charge in [-0.3, -0.25) is 4.90 Å². The highest BCUT2D eigenvalue weighted by molar-refractivity contribution is 5.01. The van der Waals surface area contributed by atoms with E-state index in [1.54, 1.807) is 0 Å². The Morgan fingerprint density at radius 3 is 2.56 bits per heavy atom. The Morgan fingerprint density at radius 1 is 1.31 bits per heavy atom. The highest BCUT2D eigenvalue weighted by atomic mass is 15.3. The molecule has 2 N–H and O–H groups in total. The van der Waals surface area contributed by atoms with Crippen molar-refractivity contribution < 1.29 is 0 Å². The van der Waals surface area contributed by atoms with Crippen LogP contribution in [0, 0.1) is 5.92 Å². The second kappa shape index (κ2) is 4.63. The Labute approximate surface area is 100.0 Å². The van der Waals surface area contributed by atoms with Gasteiger partial charge in [0, 0.05) is 37.8 Å². The maximum Gasteiger partial charge on any atom is 0.0338 e. The maximum atomic E-state index is 6.10. The third-order valence-corrected chi connectivity index (χ3v) is 4.65. The first kappa shape index (κ1) is 12.3. The van der Waals surface area contributed by atoms with Crippen LogP contribution < -0.4 is 5.73 Å². The van der Waals surface area contributed by atoms with E-state index >= 15 is 0 Å². The van der Waals surface area contributed by atoms with Crippen LogP contribution >= 0.6 is 0 Å². The minimum atomic E-state index is 0.320. The fraction of sp³-hybridized carbons (Fsp3) is 1.00. The molecule has 1 heterocycles. The summed E-state index contributed by atoms with van der Waals surface area (Å²) in [6.07, 6.45) is 3.96. The van der Waals surface area contributed by atoms with Gasteiger partial charge < -0.3 is 10.6 Å². The fourth-order valence-corrected chi connectivity index (χ4v) is 3.78. The van der Waals surface area contributed by atoms with Crippen molar-refractivity contribution in [3.8, 4) is 0 Å². The van der Waals surface area contributed by atoms with Crippen molar-refractivity contribution in [1.29, 1.82) is 0 Å². The SMILES string of the molecule is CC1CCC(CN)(N2CCN(C)CC2C)C1. The zero-order valence-electron chi connectivity index (χ0n) is 11.1. The van der Waals surface area contributed by atoms with Gasteiger partial charge in [0.05, 0.1) is 0 Å². The predicted octanol–water partition coefficient (Wildman–Crippen LogP) is 1.14. The van der Waals surface area contributed by atoms with E-state index in [0.717, 1.165) is 12.5 Å². The molecule has 0 aromatic rings. The van der Waals surface area contributed by atoms with Gasteiger partial charge in [0.2, 0.25) is 0 Å². The van der Waals surface area contributed by atoms with Gasteiger partial charge in [-0.15, -0.1) is 0 Å². The van der Waals surface area contributed by atoms with E-state index in [2.05, 4.69) is 30.7 Å². The summed E-state index contributed by atoms with van der Waals surface area (Å²) < 4.78 is 0. The minimum Gasteiger partial charge on any atom is -0.329 e. The molecule has 3 heteroatoms. The van der Waals surface area contributed by atoms with Crippen LogP contribution in [-0.2, 0) is 0 Å². The summed E-state index contributed by atoms with van der Waals surface area (Å²) in [6.45, 7) is 9.15. The van der Waals surface area contributed by atoms with Crippen LogP contribution in [0.1, 0.15) is 33.1 Å². The molecule has 2 fully saturated rings. The van der Waals surface area contributed by atoms with Crippen molar-refractivity contribution in [1.82, 2.24) is 9.80 Å². The monoisotopic (exact) mass is 225 g/mol. The van der Waals surface area contributed by atoms with Crippen LogP contribution in [0.3, 0.4) is 0 Å². The van der Waals surface area contributed by atoms with E-state index < -0.39 is 0 Å². The third-order valence-electron chi connectivity index (χ3n) is 4.65. The summed E-state index contributed by atoms with van der Waals surface area (Å²) >= 11 is 0. The normalized spacial score (nSPS) is 42.8. The van der Waals surface area contributed by atoms with Gasteiger partial charge in [-0.2, -0.15) is 0 Å². The zero-order valence-corrected chi connectivity index (χ0v) is 11.1. The summed E-state index contributed by atoms with van der Waals surface area (Å²) in [5.41, 5.74) is 6.42. The summed E-state index contributed by atoms with van der Waals surface area (Å²) in [5, 5.41) is 0. The van der Waals surface area contributed by atoms with Crippen LogP contribution in [0.25, 0.3) is 0 Å². The van der Waals surface area contributed by atoms with E-state index in [4.69, 9.17) is 5.73 Å². The highest BCUT2D eigenvalue weighted by Crippen LogP contribution is 2.39. The molecule has 0 radical (unpaired) electrons. The van der Waals surface area contributed by atoms with Crippen molar-refractivity contribution in [3.05, 3.63) is 0 Å². The Morgan fingerprint density at radius 2 is 2.06 bits per heavy atom. The number of rotatable bonds is 2. The summed E-state index contributed by atoms with van der Waals surface area (Å²) in [6, 6.07) is 0.660.